The van der Waals surface area contributed by atoms with Crippen LogP contribution in [0.25, 0.3) is 0 Å². The van der Waals surface area contributed by atoms with Crippen LogP contribution in [0.1, 0.15) is 43.1 Å². The van der Waals surface area contributed by atoms with E-state index in [4.69, 9.17) is 0 Å². The molecule has 0 saturated carbocycles. The van der Waals surface area contributed by atoms with Gasteiger partial charge in [0.1, 0.15) is 11.4 Å². The number of nitro benzene ring substituents is 1. The third-order valence-corrected chi connectivity index (χ3v) is 2.81. The maximum absolute atomic E-state index is 11.5. The summed E-state index contributed by atoms with van der Waals surface area (Å²) >= 11 is 0. The molecule has 6 heteroatoms. The average Bonchev–Trinajstić information content (AvgIpc) is 2.33. The molecule has 0 unspecified atom stereocenters. The Kier molecular flexibility index (Phi) is 4.86. The number of nitrogens with zero attached hydrogens (tertiary/aromatic N) is 1. The molecular weight excluding hydrogens is 248 g/mol. The predicted octanol–water partition coefficient (Wildman–Crippen LogP) is 2.89. The van der Waals surface area contributed by atoms with Crippen molar-refractivity contribution in [3.05, 3.63) is 27.3 Å². The molecule has 1 aromatic rings. The van der Waals surface area contributed by atoms with E-state index in [1.165, 1.54) is 6.92 Å². The Morgan fingerprint density at radius 1 is 1.47 bits per heavy atom. The maximum atomic E-state index is 11.5. The van der Waals surface area contributed by atoms with Crippen molar-refractivity contribution in [1.82, 2.24) is 0 Å². The van der Waals surface area contributed by atoms with Gasteiger partial charge >= 0.3 is 0 Å². The van der Waals surface area contributed by atoms with Crippen LogP contribution in [-0.2, 0) is 6.42 Å². The minimum atomic E-state index is -0.539. The lowest BCUT2D eigenvalue weighted by Crippen LogP contribution is -2.08. The molecule has 0 aliphatic heterocycles. The molecular formula is C13H18N2O4. The fourth-order valence-corrected chi connectivity index (χ4v) is 1.99. The first kappa shape index (κ1) is 14.9. The number of rotatable bonds is 6. The highest BCUT2D eigenvalue weighted by Gasteiger charge is 2.25. The summed E-state index contributed by atoms with van der Waals surface area (Å²) in [6.07, 6.45) is 1.18. The van der Waals surface area contributed by atoms with Crippen molar-refractivity contribution in [2.24, 2.45) is 0 Å². The molecule has 0 heterocycles. The molecule has 0 radical (unpaired) electrons. The fraction of sp³-hybridized carbons (Fsp3) is 0.462. The quantitative estimate of drug-likeness (QED) is 0.469. The van der Waals surface area contributed by atoms with E-state index in [0.717, 1.165) is 6.07 Å². The second-order valence-electron chi connectivity index (χ2n) is 4.24. The van der Waals surface area contributed by atoms with E-state index in [-0.39, 0.29) is 22.8 Å². The van der Waals surface area contributed by atoms with Gasteiger partial charge < -0.3 is 10.4 Å². The first-order valence-electron chi connectivity index (χ1n) is 6.22. The molecule has 2 N–H and O–H groups in total. The highest BCUT2D eigenvalue weighted by Crippen LogP contribution is 2.38. The molecule has 19 heavy (non-hydrogen) atoms. The van der Waals surface area contributed by atoms with Crippen molar-refractivity contribution in [3.63, 3.8) is 0 Å². The number of hydrogen-bond donors (Lipinski definition) is 2. The van der Waals surface area contributed by atoms with Gasteiger partial charge in [0.2, 0.25) is 0 Å². The van der Waals surface area contributed by atoms with Crippen LogP contribution in [0, 0.1) is 10.1 Å². The standard InChI is InChI=1S/C13H18N2O4/c1-4-6-9-12(14-5-2)11(15(18)19)7-10(8(3)16)13(9)17/h7,14,17H,4-6H2,1-3H3. The smallest absolute Gasteiger partial charge is 0.293 e. The molecule has 104 valence electrons. The third-order valence-electron chi connectivity index (χ3n) is 2.81. The topological polar surface area (TPSA) is 92.5 Å². The number of anilines is 1. The number of aromatic hydroxyl groups is 1. The molecule has 6 nitrogen and oxygen atoms in total. The summed E-state index contributed by atoms with van der Waals surface area (Å²) in [6.45, 7) is 5.49. The van der Waals surface area contributed by atoms with Crippen LogP contribution in [-0.4, -0.2) is 22.4 Å². The van der Waals surface area contributed by atoms with Gasteiger partial charge in [-0.2, -0.15) is 0 Å². The second-order valence-corrected chi connectivity index (χ2v) is 4.24. The van der Waals surface area contributed by atoms with Crippen LogP contribution < -0.4 is 5.32 Å². The molecule has 1 rings (SSSR count). The summed E-state index contributed by atoms with van der Waals surface area (Å²) in [7, 11) is 0. The number of nitro groups is 1. The van der Waals surface area contributed by atoms with E-state index in [0.29, 0.717) is 30.6 Å². The predicted molar refractivity (Wildman–Crippen MR) is 72.9 cm³/mol. The van der Waals surface area contributed by atoms with Crippen molar-refractivity contribution >= 4 is 17.2 Å². The summed E-state index contributed by atoms with van der Waals surface area (Å²) in [5.41, 5.74) is 0.561. The number of phenols is 1. The van der Waals surface area contributed by atoms with Crippen LogP contribution in [0.4, 0.5) is 11.4 Å². The fourth-order valence-electron chi connectivity index (χ4n) is 1.99. The van der Waals surface area contributed by atoms with E-state index in [9.17, 15) is 20.0 Å². The summed E-state index contributed by atoms with van der Waals surface area (Å²) in [5.74, 6) is -0.545. The van der Waals surface area contributed by atoms with Gasteiger partial charge in [0.05, 0.1) is 10.5 Å². The Labute approximate surface area is 111 Å². The summed E-state index contributed by atoms with van der Waals surface area (Å²) in [4.78, 5) is 22.0. The van der Waals surface area contributed by atoms with E-state index in [1.54, 1.807) is 0 Å². The molecule has 0 bridgehead atoms. The summed E-state index contributed by atoms with van der Waals surface area (Å²) < 4.78 is 0. The van der Waals surface area contributed by atoms with Gasteiger partial charge in [0, 0.05) is 18.2 Å². The molecule has 0 aliphatic carbocycles. The lowest BCUT2D eigenvalue weighted by Gasteiger charge is -2.14. The average molecular weight is 266 g/mol. The number of carbonyl (C=O) groups is 1. The SMILES string of the molecule is CCCc1c(O)c(C(C)=O)cc([N+](=O)[O-])c1NCC. The van der Waals surface area contributed by atoms with Gasteiger partial charge in [-0.15, -0.1) is 0 Å². The lowest BCUT2D eigenvalue weighted by atomic mass is 9.98. The second kappa shape index (κ2) is 6.17. The van der Waals surface area contributed by atoms with Crippen LogP contribution in [0.2, 0.25) is 0 Å². The van der Waals surface area contributed by atoms with Gasteiger partial charge in [-0.3, -0.25) is 14.9 Å². The number of hydrogen-bond acceptors (Lipinski definition) is 5. The largest absolute Gasteiger partial charge is 0.507 e. The van der Waals surface area contributed by atoms with E-state index >= 15 is 0 Å². The van der Waals surface area contributed by atoms with Crippen LogP contribution >= 0.6 is 0 Å². The van der Waals surface area contributed by atoms with Gasteiger partial charge in [-0.1, -0.05) is 13.3 Å². The highest BCUT2D eigenvalue weighted by molar-refractivity contribution is 5.99. The van der Waals surface area contributed by atoms with Crippen molar-refractivity contribution in [2.75, 3.05) is 11.9 Å². The third kappa shape index (κ3) is 3.01. The molecule has 0 aliphatic rings. The first-order valence-corrected chi connectivity index (χ1v) is 6.22. The summed E-state index contributed by atoms with van der Waals surface area (Å²) in [5, 5.41) is 24.1. The highest BCUT2D eigenvalue weighted by atomic mass is 16.6. The number of nitrogens with one attached hydrogen (secondary N) is 1. The lowest BCUT2D eigenvalue weighted by molar-refractivity contribution is -0.384. The Balaban J connectivity index is 3.61. The minimum absolute atomic E-state index is 0.00296. The molecule has 0 aromatic heterocycles. The van der Waals surface area contributed by atoms with Crippen LogP contribution in [0.5, 0.6) is 5.75 Å². The monoisotopic (exact) mass is 266 g/mol. The zero-order valence-electron chi connectivity index (χ0n) is 11.3. The van der Waals surface area contributed by atoms with Gasteiger partial charge in [0.15, 0.2) is 5.78 Å². The van der Waals surface area contributed by atoms with E-state index in [2.05, 4.69) is 5.32 Å². The Morgan fingerprint density at radius 2 is 2.11 bits per heavy atom. The van der Waals surface area contributed by atoms with Crippen LogP contribution in [0.3, 0.4) is 0 Å². The molecule has 0 fully saturated rings. The Hall–Kier alpha value is -2.11. The zero-order valence-corrected chi connectivity index (χ0v) is 11.3. The number of phenolic OH excluding ortho intramolecular Hbond substituents is 1. The van der Waals surface area contributed by atoms with Gasteiger partial charge in [-0.25, -0.2) is 0 Å². The number of carbonyl (C=O) groups excluding carboxylic acids is 1. The summed E-state index contributed by atoms with van der Waals surface area (Å²) in [6, 6.07) is 1.13. The Bertz CT molecular complexity index is 512. The Morgan fingerprint density at radius 3 is 2.53 bits per heavy atom. The van der Waals surface area contributed by atoms with Gasteiger partial charge in [0.25, 0.3) is 5.69 Å². The number of ketones is 1. The first-order chi connectivity index (χ1) is 8.93. The van der Waals surface area contributed by atoms with Gasteiger partial charge in [-0.05, 0) is 20.3 Å². The molecule has 1 aromatic carbocycles. The van der Waals surface area contributed by atoms with Crippen molar-refractivity contribution in [2.45, 2.75) is 33.6 Å². The van der Waals surface area contributed by atoms with Crippen molar-refractivity contribution in [1.29, 1.82) is 0 Å². The maximum Gasteiger partial charge on any atom is 0.293 e. The normalized spacial score (nSPS) is 10.3. The minimum Gasteiger partial charge on any atom is -0.507 e. The van der Waals surface area contributed by atoms with E-state index < -0.39 is 4.92 Å². The van der Waals surface area contributed by atoms with Crippen molar-refractivity contribution < 1.29 is 14.8 Å². The zero-order chi connectivity index (χ0) is 14.6. The van der Waals surface area contributed by atoms with Crippen molar-refractivity contribution in [3.8, 4) is 5.75 Å². The molecule has 0 atom stereocenters. The molecule has 0 saturated heterocycles. The molecule has 0 spiro atoms. The van der Waals surface area contributed by atoms with Crippen LogP contribution in [0.15, 0.2) is 6.07 Å². The number of benzene rings is 1. The molecule has 0 amide bonds. The van der Waals surface area contributed by atoms with E-state index in [1.807, 2.05) is 13.8 Å². The number of Topliss-reactive ketones (excluding diaryl/α,β-unsaturated/α-hetero) is 1.